The SMILES string of the molecule is Cc1ccccc1C(=O)NC(CC(C)C)C(=O)NCc1cn2ccsc2n1. The lowest BCUT2D eigenvalue weighted by atomic mass is 10.0. The van der Waals surface area contributed by atoms with Crippen LogP contribution >= 0.6 is 11.3 Å². The van der Waals surface area contributed by atoms with E-state index in [4.69, 9.17) is 0 Å². The molecule has 0 aliphatic carbocycles. The number of nitrogens with zero attached hydrogens (tertiary/aromatic N) is 2. The number of imidazole rings is 1. The molecule has 6 nitrogen and oxygen atoms in total. The Hall–Kier alpha value is -2.67. The Morgan fingerprint density at radius 2 is 2.04 bits per heavy atom. The van der Waals surface area contributed by atoms with Gasteiger partial charge >= 0.3 is 0 Å². The van der Waals surface area contributed by atoms with Crippen molar-refractivity contribution in [3.8, 4) is 0 Å². The minimum Gasteiger partial charge on any atom is -0.349 e. The van der Waals surface area contributed by atoms with Crippen LogP contribution in [0.15, 0.2) is 42.0 Å². The Morgan fingerprint density at radius 1 is 1.26 bits per heavy atom. The minimum absolute atomic E-state index is 0.193. The number of aryl methyl sites for hydroxylation is 1. The molecule has 0 bridgehead atoms. The molecule has 0 aliphatic rings. The predicted molar refractivity (Wildman–Crippen MR) is 107 cm³/mol. The third kappa shape index (κ3) is 4.74. The van der Waals surface area contributed by atoms with Crippen molar-refractivity contribution >= 4 is 28.1 Å². The highest BCUT2D eigenvalue weighted by Gasteiger charge is 2.23. The van der Waals surface area contributed by atoms with Gasteiger partial charge in [0.25, 0.3) is 5.91 Å². The molecule has 0 radical (unpaired) electrons. The van der Waals surface area contributed by atoms with Gasteiger partial charge in [0, 0.05) is 23.3 Å². The summed E-state index contributed by atoms with van der Waals surface area (Å²) in [7, 11) is 0. The largest absolute Gasteiger partial charge is 0.349 e. The quantitative estimate of drug-likeness (QED) is 0.657. The van der Waals surface area contributed by atoms with Crippen molar-refractivity contribution < 1.29 is 9.59 Å². The lowest BCUT2D eigenvalue weighted by molar-refractivity contribution is -0.123. The van der Waals surface area contributed by atoms with Crippen molar-refractivity contribution in [3.63, 3.8) is 0 Å². The molecule has 2 aromatic heterocycles. The number of fused-ring (bicyclic) bond motifs is 1. The van der Waals surface area contributed by atoms with Gasteiger partial charge in [-0.25, -0.2) is 4.98 Å². The first kappa shape index (κ1) is 19.1. The first-order valence-electron chi connectivity index (χ1n) is 8.99. The van der Waals surface area contributed by atoms with Gasteiger partial charge in [0.05, 0.1) is 12.2 Å². The third-order valence-electron chi connectivity index (χ3n) is 4.31. The van der Waals surface area contributed by atoms with Crippen LogP contribution in [0.25, 0.3) is 4.96 Å². The molecule has 142 valence electrons. The molecule has 1 aromatic carbocycles. The van der Waals surface area contributed by atoms with E-state index >= 15 is 0 Å². The first-order valence-corrected chi connectivity index (χ1v) is 9.87. The third-order valence-corrected chi connectivity index (χ3v) is 5.08. The number of rotatable bonds is 7. The summed E-state index contributed by atoms with van der Waals surface area (Å²) >= 11 is 1.55. The molecule has 0 fully saturated rings. The van der Waals surface area contributed by atoms with E-state index in [1.165, 1.54) is 0 Å². The lowest BCUT2D eigenvalue weighted by Gasteiger charge is -2.20. The number of benzene rings is 1. The maximum absolute atomic E-state index is 12.7. The van der Waals surface area contributed by atoms with E-state index in [0.717, 1.165) is 16.2 Å². The predicted octanol–water partition coefficient (Wildman–Crippen LogP) is 3.17. The first-order chi connectivity index (χ1) is 12.9. The summed E-state index contributed by atoms with van der Waals surface area (Å²) in [6.07, 6.45) is 4.40. The van der Waals surface area contributed by atoms with Gasteiger partial charge in [0.2, 0.25) is 5.91 Å². The molecule has 0 saturated heterocycles. The van der Waals surface area contributed by atoms with E-state index in [0.29, 0.717) is 18.5 Å². The number of amides is 2. The topological polar surface area (TPSA) is 75.5 Å². The minimum atomic E-state index is -0.583. The number of thiazole rings is 1. The molecule has 1 atom stereocenters. The highest BCUT2D eigenvalue weighted by atomic mass is 32.1. The fourth-order valence-electron chi connectivity index (χ4n) is 2.93. The number of carbonyl (C=O) groups is 2. The lowest BCUT2D eigenvalue weighted by Crippen LogP contribution is -2.47. The number of hydrogen-bond donors (Lipinski definition) is 2. The molecule has 2 N–H and O–H groups in total. The van der Waals surface area contributed by atoms with Gasteiger partial charge in [-0.2, -0.15) is 0 Å². The Morgan fingerprint density at radius 3 is 2.74 bits per heavy atom. The monoisotopic (exact) mass is 384 g/mol. The normalized spacial score (nSPS) is 12.3. The average molecular weight is 385 g/mol. The molecule has 2 heterocycles. The van der Waals surface area contributed by atoms with Gasteiger partial charge in [0.15, 0.2) is 4.96 Å². The van der Waals surface area contributed by atoms with Crippen LogP contribution < -0.4 is 10.6 Å². The van der Waals surface area contributed by atoms with Crippen molar-refractivity contribution in [2.24, 2.45) is 5.92 Å². The van der Waals surface area contributed by atoms with Gasteiger partial charge in [-0.3, -0.25) is 14.0 Å². The Balaban J connectivity index is 1.65. The van der Waals surface area contributed by atoms with Crippen molar-refractivity contribution in [2.75, 3.05) is 0 Å². The molecule has 27 heavy (non-hydrogen) atoms. The number of aromatic nitrogens is 2. The van der Waals surface area contributed by atoms with E-state index in [9.17, 15) is 9.59 Å². The van der Waals surface area contributed by atoms with E-state index < -0.39 is 6.04 Å². The van der Waals surface area contributed by atoms with Crippen LogP contribution in [0.1, 0.15) is 41.9 Å². The fraction of sp³-hybridized carbons (Fsp3) is 0.350. The number of carbonyl (C=O) groups excluding carboxylic acids is 2. The van der Waals surface area contributed by atoms with Crippen molar-refractivity contribution in [3.05, 3.63) is 58.9 Å². The molecule has 7 heteroatoms. The van der Waals surface area contributed by atoms with Crippen molar-refractivity contribution in [1.82, 2.24) is 20.0 Å². The van der Waals surface area contributed by atoms with Crippen LogP contribution in [-0.4, -0.2) is 27.2 Å². The molecular formula is C20H24N4O2S. The van der Waals surface area contributed by atoms with E-state index in [1.807, 2.05) is 61.1 Å². The highest BCUT2D eigenvalue weighted by molar-refractivity contribution is 7.15. The summed E-state index contributed by atoms with van der Waals surface area (Å²) in [6, 6.07) is 6.79. The number of nitrogens with one attached hydrogen (secondary N) is 2. The summed E-state index contributed by atoms with van der Waals surface area (Å²) in [4.78, 5) is 30.7. The van der Waals surface area contributed by atoms with E-state index in [-0.39, 0.29) is 17.7 Å². The van der Waals surface area contributed by atoms with Crippen LogP contribution in [0.5, 0.6) is 0 Å². The van der Waals surface area contributed by atoms with Gasteiger partial charge in [-0.15, -0.1) is 11.3 Å². The van der Waals surface area contributed by atoms with Gasteiger partial charge in [-0.05, 0) is 30.9 Å². The van der Waals surface area contributed by atoms with Crippen LogP contribution in [0.3, 0.4) is 0 Å². The molecule has 0 spiro atoms. The zero-order valence-electron chi connectivity index (χ0n) is 15.7. The molecule has 1 unspecified atom stereocenters. The zero-order valence-corrected chi connectivity index (χ0v) is 16.5. The Labute approximate surface area is 162 Å². The van der Waals surface area contributed by atoms with Crippen LogP contribution in [0.4, 0.5) is 0 Å². The average Bonchev–Trinajstić information content (AvgIpc) is 3.20. The maximum atomic E-state index is 12.7. The highest BCUT2D eigenvalue weighted by Crippen LogP contribution is 2.12. The standard InChI is InChI=1S/C20H24N4O2S/c1-13(2)10-17(23-18(25)16-7-5-4-6-14(16)3)19(26)21-11-15-12-24-8-9-27-20(24)22-15/h4-9,12-13,17H,10-11H2,1-3H3,(H,21,26)(H,23,25). The van der Waals surface area contributed by atoms with Crippen LogP contribution in [0.2, 0.25) is 0 Å². The smallest absolute Gasteiger partial charge is 0.252 e. The second-order valence-electron chi connectivity index (χ2n) is 7.01. The van der Waals surface area contributed by atoms with Gasteiger partial charge < -0.3 is 10.6 Å². The molecule has 0 aliphatic heterocycles. The molecule has 3 rings (SSSR count). The molecular weight excluding hydrogens is 360 g/mol. The van der Waals surface area contributed by atoms with E-state index in [2.05, 4.69) is 15.6 Å². The number of hydrogen-bond acceptors (Lipinski definition) is 4. The van der Waals surface area contributed by atoms with Crippen LogP contribution in [-0.2, 0) is 11.3 Å². The van der Waals surface area contributed by atoms with E-state index in [1.54, 1.807) is 17.4 Å². The molecule has 0 saturated carbocycles. The van der Waals surface area contributed by atoms with Gasteiger partial charge in [-0.1, -0.05) is 32.0 Å². The summed E-state index contributed by atoms with van der Waals surface area (Å²) < 4.78 is 1.93. The van der Waals surface area contributed by atoms with Crippen LogP contribution in [0, 0.1) is 12.8 Å². The zero-order chi connectivity index (χ0) is 19.4. The Bertz CT molecular complexity index is 916. The van der Waals surface area contributed by atoms with Crippen molar-refractivity contribution in [1.29, 1.82) is 0 Å². The summed E-state index contributed by atoms with van der Waals surface area (Å²) in [5, 5.41) is 7.75. The maximum Gasteiger partial charge on any atom is 0.252 e. The second-order valence-corrected chi connectivity index (χ2v) is 7.89. The molecule has 2 amide bonds. The summed E-state index contributed by atoms with van der Waals surface area (Å²) in [6.45, 7) is 6.28. The summed E-state index contributed by atoms with van der Waals surface area (Å²) in [5.74, 6) is -0.144. The van der Waals surface area contributed by atoms with Crippen molar-refractivity contribution in [2.45, 2.75) is 39.8 Å². The Kier molecular flexibility index (Phi) is 5.91. The fourth-order valence-corrected chi connectivity index (χ4v) is 3.65. The second kappa shape index (κ2) is 8.35. The van der Waals surface area contributed by atoms with Gasteiger partial charge in [0.1, 0.15) is 6.04 Å². The summed E-state index contributed by atoms with van der Waals surface area (Å²) in [5.41, 5.74) is 2.27. The molecule has 3 aromatic rings.